The average molecular weight is 519 g/mol. The number of halogens is 1. The summed E-state index contributed by atoms with van der Waals surface area (Å²) < 4.78 is 12.5. The number of rotatable bonds is 8. The lowest BCUT2D eigenvalue weighted by atomic mass is 9.74. The Morgan fingerprint density at radius 3 is 2.38 bits per heavy atom. The summed E-state index contributed by atoms with van der Waals surface area (Å²) in [7, 11) is 0. The van der Waals surface area contributed by atoms with Crippen LogP contribution >= 0.6 is 11.6 Å². The summed E-state index contributed by atoms with van der Waals surface area (Å²) in [6.07, 6.45) is 0.371. The molecule has 4 rings (SSSR count). The van der Waals surface area contributed by atoms with Gasteiger partial charge in [-0.15, -0.1) is 0 Å². The second-order valence-electron chi connectivity index (χ2n) is 10.5. The summed E-state index contributed by atoms with van der Waals surface area (Å²) in [5.74, 6) is -0.388. The molecule has 4 atom stereocenters. The molecule has 1 saturated heterocycles. The van der Waals surface area contributed by atoms with Crippen molar-refractivity contribution in [3.8, 4) is 5.75 Å². The van der Waals surface area contributed by atoms with Gasteiger partial charge in [-0.05, 0) is 55.2 Å². The molecule has 0 saturated carbocycles. The summed E-state index contributed by atoms with van der Waals surface area (Å²) in [6.45, 7) is 12.4. The van der Waals surface area contributed by atoms with Crippen molar-refractivity contribution in [3.05, 3.63) is 112 Å². The van der Waals surface area contributed by atoms with Crippen LogP contribution in [-0.4, -0.2) is 23.8 Å². The molecule has 5 heteroatoms. The van der Waals surface area contributed by atoms with E-state index in [0.717, 1.165) is 33.7 Å². The van der Waals surface area contributed by atoms with Crippen LogP contribution in [0.4, 0.5) is 0 Å². The Labute approximate surface area is 224 Å². The van der Waals surface area contributed by atoms with Crippen LogP contribution in [0.1, 0.15) is 68.4 Å². The van der Waals surface area contributed by atoms with E-state index >= 15 is 0 Å². The molecule has 0 radical (unpaired) electrons. The molecule has 0 amide bonds. The molecule has 1 fully saturated rings. The van der Waals surface area contributed by atoms with Gasteiger partial charge < -0.3 is 14.6 Å². The van der Waals surface area contributed by atoms with Crippen molar-refractivity contribution in [3.63, 3.8) is 0 Å². The van der Waals surface area contributed by atoms with Crippen molar-refractivity contribution < 1.29 is 19.4 Å². The first-order valence-electron chi connectivity index (χ1n) is 12.7. The fourth-order valence-electron chi connectivity index (χ4n) is 5.37. The van der Waals surface area contributed by atoms with E-state index in [0.29, 0.717) is 5.75 Å². The van der Waals surface area contributed by atoms with Crippen molar-refractivity contribution in [2.45, 2.75) is 57.7 Å². The topological polar surface area (TPSA) is 55.8 Å². The van der Waals surface area contributed by atoms with E-state index in [4.69, 9.17) is 21.1 Å². The molecular weight excluding hydrogens is 484 g/mol. The number of carboxylic acids is 1. The van der Waals surface area contributed by atoms with Gasteiger partial charge in [0.2, 0.25) is 0 Å². The van der Waals surface area contributed by atoms with Gasteiger partial charge in [-0.25, -0.2) is 4.79 Å². The number of hydrogen-bond acceptors (Lipinski definition) is 3. The molecule has 0 spiro atoms. The lowest BCUT2D eigenvalue weighted by molar-refractivity contribution is -0.139. The molecule has 0 aromatic heterocycles. The van der Waals surface area contributed by atoms with Crippen LogP contribution in [0.5, 0.6) is 5.75 Å². The first-order valence-corrected chi connectivity index (χ1v) is 13.1. The van der Waals surface area contributed by atoms with Crippen LogP contribution < -0.4 is 4.74 Å². The van der Waals surface area contributed by atoms with E-state index in [1.165, 1.54) is 5.56 Å². The van der Waals surface area contributed by atoms with Gasteiger partial charge in [0.05, 0.1) is 12.2 Å². The average Bonchev–Trinajstić information content (AvgIpc) is 2.88. The Balaban J connectivity index is 1.77. The van der Waals surface area contributed by atoms with E-state index < -0.39 is 12.6 Å². The van der Waals surface area contributed by atoms with Crippen LogP contribution in [0, 0.1) is 5.92 Å². The molecule has 1 aliphatic rings. The second kappa shape index (κ2) is 11.1. The van der Waals surface area contributed by atoms with Gasteiger partial charge in [-0.3, -0.25) is 0 Å². The third-order valence-electron chi connectivity index (χ3n) is 7.62. The van der Waals surface area contributed by atoms with E-state index in [2.05, 4.69) is 51.6 Å². The van der Waals surface area contributed by atoms with Gasteiger partial charge in [0.1, 0.15) is 5.75 Å². The minimum absolute atomic E-state index is 0.000242. The summed E-state index contributed by atoms with van der Waals surface area (Å²) in [5, 5.41) is 10.0. The first-order chi connectivity index (χ1) is 17.6. The molecule has 4 nitrogen and oxygen atoms in total. The van der Waals surface area contributed by atoms with Gasteiger partial charge in [0.15, 0.2) is 6.61 Å². The predicted molar refractivity (Wildman–Crippen MR) is 149 cm³/mol. The number of carboxylic acid groups (broad SMARTS) is 1. The van der Waals surface area contributed by atoms with Crippen LogP contribution in [0.3, 0.4) is 0 Å². The number of aliphatic carboxylic acids is 1. The molecule has 0 unspecified atom stereocenters. The Morgan fingerprint density at radius 1 is 1.05 bits per heavy atom. The maximum atomic E-state index is 11.3. The molecule has 3 aromatic carbocycles. The maximum absolute atomic E-state index is 11.3. The highest BCUT2D eigenvalue weighted by Crippen LogP contribution is 2.49. The van der Waals surface area contributed by atoms with Crippen molar-refractivity contribution in [2.24, 2.45) is 5.92 Å². The summed E-state index contributed by atoms with van der Waals surface area (Å²) in [4.78, 5) is 11.3. The summed E-state index contributed by atoms with van der Waals surface area (Å²) >= 11 is 6.58. The van der Waals surface area contributed by atoms with Gasteiger partial charge in [0, 0.05) is 27.8 Å². The third-order valence-corrected chi connectivity index (χ3v) is 7.97. The van der Waals surface area contributed by atoms with Crippen LogP contribution in [0.15, 0.2) is 84.9 Å². The van der Waals surface area contributed by atoms with E-state index in [9.17, 15) is 9.90 Å². The number of benzene rings is 3. The van der Waals surface area contributed by atoms with Gasteiger partial charge >= 0.3 is 5.97 Å². The molecule has 0 aliphatic carbocycles. The zero-order valence-corrected chi connectivity index (χ0v) is 22.7. The zero-order chi connectivity index (χ0) is 26.7. The second-order valence-corrected chi connectivity index (χ2v) is 10.9. The maximum Gasteiger partial charge on any atom is 0.341 e. The molecule has 1 N–H and O–H groups in total. The molecule has 37 heavy (non-hydrogen) atoms. The Hall–Kier alpha value is -3.08. The van der Waals surface area contributed by atoms with Gasteiger partial charge in [-0.2, -0.15) is 0 Å². The predicted octanol–water partition coefficient (Wildman–Crippen LogP) is 7.96. The van der Waals surface area contributed by atoms with Gasteiger partial charge in [0.25, 0.3) is 0 Å². The minimum atomic E-state index is -1.02. The lowest BCUT2D eigenvalue weighted by Gasteiger charge is -2.42. The first kappa shape index (κ1) is 27.0. The van der Waals surface area contributed by atoms with Crippen molar-refractivity contribution in [2.75, 3.05) is 6.61 Å². The van der Waals surface area contributed by atoms with Crippen LogP contribution in [-0.2, 0) is 14.9 Å². The largest absolute Gasteiger partial charge is 0.482 e. The smallest absolute Gasteiger partial charge is 0.341 e. The number of ether oxygens (including phenoxy) is 2. The lowest BCUT2D eigenvalue weighted by Crippen LogP contribution is -2.35. The van der Waals surface area contributed by atoms with Crippen molar-refractivity contribution in [1.29, 1.82) is 0 Å². The Morgan fingerprint density at radius 2 is 1.73 bits per heavy atom. The number of hydrogen-bond donors (Lipinski definition) is 1. The van der Waals surface area contributed by atoms with Crippen molar-refractivity contribution >= 4 is 17.6 Å². The van der Waals surface area contributed by atoms with Gasteiger partial charge in [-0.1, -0.05) is 92.2 Å². The zero-order valence-electron chi connectivity index (χ0n) is 21.9. The summed E-state index contributed by atoms with van der Waals surface area (Å²) in [6, 6.07) is 24.3. The van der Waals surface area contributed by atoms with Crippen molar-refractivity contribution in [1.82, 2.24) is 0 Å². The highest BCUT2D eigenvalue weighted by atomic mass is 35.5. The third kappa shape index (κ3) is 5.76. The Kier molecular flexibility index (Phi) is 8.11. The molecular formula is C32H35ClO4. The number of carbonyl (C=O) groups is 1. The highest BCUT2D eigenvalue weighted by Gasteiger charge is 2.40. The minimum Gasteiger partial charge on any atom is -0.482 e. The summed E-state index contributed by atoms with van der Waals surface area (Å²) in [5.41, 5.74) is 4.93. The standard InChI is InChI=1S/C32H35ClO4/c1-20(2)25-18-26(24-13-9-10-14-28(24)33)21(3)37-31(25)27-17-23(15-16-29(27)36-19-30(34)35)32(4,5)22-11-7-6-8-12-22/h6-17,21,25-26,31H,1,18-19H2,2-5H3,(H,34,35)/t21-,25+,26-,31-/m0/s1. The van der Waals surface area contributed by atoms with Crippen LogP contribution in [0.25, 0.3) is 0 Å². The SMILES string of the molecule is C=C(C)[C@H]1C[C@H](c2ccccc2Cl)[C@H](C)O[C@@H]1c1cc(C(C)(C)c2ccccc2)ccc1OCC(=O)O. The van der Waals surface area contributed by atoms with Crippen LogP contribution in [0.2, 0.25) is 5.02 Å². The highest BCUT2D eigenvalue weighted by molar-refractivity contribution is 6.31. The quantitative estimate of drug-likeness (QED) is 0.307. The van der Waals surface area contributed by atoms with E-state index in [1.54, 1.807) is 0 Å². The van der Waals surface area contributed by atoms with E-state index in [1.807, 2.05) is 55.5 Å². The molecule has 1 aliphatic heterocycles. The molecule has 3 aromatic rings. The van der Waals surface area contributed by atoms with E-state index in [-0.39, 0.29) is 29.5 Å². The molecule has 194 valence electrons. The fraction of sp³-hybridized carbons (Fsp3) is 0.344. The molecule has 0 bridgehead atoms. The molecule has 1 heterocycles. The fourth-order valence-corrected chi connectivity index (χ4v) is 5.64. The Bertz CT molecular complexity index is 1270. The normalized spacial score (nSPS) is 21.9. The monoisotopic (exact) mass is 518 g/mol.